The maximum atomic E-state index is 10.4. The van der Waals surface area contributed by atoms with Gasteiger partial charge in [-0.3, -0.25) is 10.1 Å². The molecule has 0 saturated carbocycles. The van der Waals surface area contributed by atoms with Gasteiger partial charge in [0.05, 0.1) is 4.92 Å². The van der Waals surface area contributed by atoms with E-state index in [9.17, 15) is 10.1 Å². The molecular weight excluding hydrogens is 154 g/mol. The third-order valence-electron chi connectivity index (χ3n) is 1.87. The number of hydrogen-bond acceptors (Lipinski definition) is 2. The molecule has 0 spiro atoms. The van der Waals surface area contributed by atoms with Crippen LogP contribution in [0.25, 0.3) is 0 Å². The van der Waals surface area contributed by atoms with Crippen LogP contribution in [0.3, 0.4) is 0 Å². The van der Waals surface area contributed by atoms with E-state index in [1.165, 1.54) is 0 Å². The highest BCUT2D eigenvalue weighted by molar-refractivity contribution is 5.30. The second-order valence-corrected chi connectivity index (χ2v) is 3.12. The minimum absolute atomic E-state index is 0.223. The van der Waals surface area contributed by atoms with Gasteiger partial charge in [-0.15, -0.1) is 0 Å². The van der Waals surface area contributed by atoms with Gasteiger partial charge < -0.3 is 0 Å². The minimum Gasteiger partial charge on any atom is -0.258 e. The predicted octanol–water partition coefficient (Wildman–Crippen LogP) is 2.34. The third kappa shape index (κ3) is 1.94. The average molecular weight is 166 g/mol. The zero-order valence-electron chi connectivity index (χ0n) is 7.28. The summed E-state index contributed by atoms with van der Waals surface area (Å²) in [5.41, 5.74) is 1.28. The van der Waals surface area contributed by atoms with Crippen molar-refractivity contribution in [3.05, 3.63) is 40.0 Å². The van der Waals surface area contributed by atoms with Gasteiger partial charge in [-0.1, -0.05) is 19.4 Å². The van der Waals surface area contributed by atoms with E-state index < -0.39 is 0 Å². The Labute approximate surface area is 71.9 Å². The van der Waals surface area contributed by atoms with Gasteiger partial charge in [0.2, 0.25) is 0 Å². The van der Waals surface area contributed by atoms with E-state index in [4.69, 9.17) is 0 Å². The van der Waals surface area contributed by atoms with Gasteiger partial charge in [0.25, 0.3) is 5.70 Å². The molecule has 0 bridgehead atoms. The van der Waals surface area contributed by atoms with Crippen LogP contribution in [-0.4, -0.2) is 4.92 Å². The van der Waals surface area contributed by atoms with Gasteiger partial charge in [-0.05, 0) is 24.8 Å². The van der Waals surface area contributed by atoms with Gasteiger partial charge in [0.1, 0.15) is 0 Å². The first-order valence-electron chi connectivity index (χ1n) is 4.00. The van der Waals surface area contributed by atoms with Gasteiger partial charge in [-0.2, -0.15) is 0 Å². The largest absolute Gasteiger partial charge is 0.265 e. The van der Waals surface area contributed by atoms with Crippen LogP contribution in [0, 0.1) is 22.5 Å². The summed E-state index contributed by atoms with van der Waals surface area (Å²) in [7, 11) is 0. The van der Waals surface area contributed by atoms with Gasteiger partial charge >= 0.3 is 0 Å². The highest BCUT2D eigenvalue weighted by Gasteiger charge is 2.15. The fourth-order valence-corrected chi connectivity index (χ4v) is 1.13. The second kappa shape index (κ2) is 3.52. The molecule has 0 aromatic heterocycles. The van der Waals surface area contributed by atoms with E-state index in [-0.39, 0.29) is 10.6 Å². The fraction of sp³-hybridized carbons (Fsp3) is 0.444. The molecular formula is C9H12NO2. The maximum Gasteiger partial charge on any atom is 0.265 e. The van der Waals surface area contributed by atoms with Crippen LogP contribution in [0.15, 0.2) is 23.4 Å². The van der Waals surface area contributed by atoms with E-state index in [2.05, 4.69) is 0 Å². The molecule has 1 aliphatic carbocycles. The molecule has 0 aliphatic heterocycles. The molecule has 0 heterocycles. The molecule has 0 N–H and O–H groups in total. The molecule has 65 valence electrons. The molecule has 3 heteroatoms. The monoisotopic (exact) mass is 166 g/mol. The highest BCUT2D eigenvalue weighted by Crippen LogP contribution is 2.22. The number of allylic oxidation sites excluding steroid dienone is 3. The first kappa shape index (κ1) is 8.97. The molecule has 0 fully saturated rings. The molecule has 3 nitrogen and oxygen atoms in total. The van der Waals surface area contributed by atoms with Crippen LogP contribution >= 0.6 is 0 Å². The zero-order valence-corrected chi connectivity index (χ0v) is 7.28. The lowest BCUT2D eigenvalue weighted by molar-refractivity contribution is -0.419. The standard InChI is InChI=1S/C9H12NO2/c1-7(2)8-4-3-5-9(6-8)10(11)12/h4-7H,3H2,1-2H3. The van der Waals surface area contributed by atoms with Crippen molar-refractivity contribution in [3.63, 3.8) is 0 Å². The van der Waals surface area contributed by atoms with Gasteiger partial charge in [0, 0.05) is 6.08 Å². The first-order chi connectivity index (χ1) is 5.61. The Morgan fingerprint density at radius 3 is 2.75 bits per heavy atom. The van der Waals surface area contributed by atoms with Crippen LogP contribution in [0.5, 0.6) is 0 Å². The summed E-state index contributed by atoms with van der Waals surface area (Å²) < 4.78 is 0. The summed E-state index contributed by atoms with van der Waals surface area (Å²) >= 11 is 0. The molecule has 1 radical (unpaired) electrons. The second-order valence-electron chi connectivity index (χ2n) is 3.12. The van der Waals surface area contributed by atoms with Crippen molar-refractivity contribution in [1.29, 1.82) is 0 Å². The molecule has 0 atom stereocenters. The van der Waals surface area contributed by atoms with E-state index in [0.29, 0.717) is 12.3 Å². The van der Waals surface area contributed by atoms with E-state index in [1.54, 1.807) is 12.2 Å². The van der Waals surface area contributed by atoms with Gasteiger partial charge in [-0.25, -0.2) is 0 Å². The molecule has 0 aromatic rings. The smallest absolute Gasteiger partial charge is 0.258 e. The summed E-state index contributed by atoms with van der Waals surface area (Å²) in [4.78, 5) is 10.1. The van der Waals surface area contributed by atoms with Crippen molar-refractivity contribution in [2.24, 2.45) is 5.92 Å². The van der Waals surface area contributed by atoms with Crippen LogP contribution in [0.1, 0.15) is 20.3 Å². The minimum atomic E-state index is -0.338. The Hall–Kier alpha value is -1.12. The molecule has 0 aromatic carbocycles. The van der Waals surface area contributed by atoms with Crippen molar-refractivity contribution in [2.45, 2.75) is 20.3 Å². The van der Waals surface area contributed by atoms with Crippen molar-refractivity contribution < 1.29 is 4.92 Å². The SMILES string of the molecule is CC(C)C1=CC([N+](=O)[O-])=CC[CH]1. The van der Waals surface area contributed by atoms with Crippen LogP contribution < -0.4 is 0 Å². The molecule has 0 unspecified atom stereocenters. The van der Waals surface area contributed by atoms with Gasteiger partial charge in [0.15, 0.2) is 0 Å². The van der Waals surface area contributed by atoms with E-state index in [1.807, 2.05) is 20.3 Å². The molecule has 0 saturated heterocycles. The Morgan fingerprint density at radius 2 is 2.25 bits per heavy atom. The lowest BCUT2D eigenvalue weighted by Crippen LogP contribution is -2.05. The van der Waals surface area contributed by atoms with Crippen molar-refractivity contribution >= 4 is 0 Å². The average Bonchev–Trinajstić information content (AvgIpc) is 2.04. The molecule has 1 aliphatic rings. The van der Waals surface area contributed by atoms with E-state index >= 15 is 0 Å². The summed E-state index contributed by atoms with van der Waals surface area (Å²) in [5, 5.41) is 10.4. The quantitative estimate of drug-likeness (QED) is 0.466. The molecule has 1 rings (SSSR count). The van der Waals surface area contributed by atoms with Crippen molar-refractivity contribution in [3.8, 4) is 0 Å². The topological polar surface area (TPSA) is 43.1 Å². The Bertz CT molecular complexity index is 251. The lowest BCUT2D eigenvalue weighted by atomic mass is 9.94. The predicted molar refractivity (Wildman–Crippen MR) is 46.9 cm³/mol. The van der Waals surface area contributed by atoms with Crippen molar-refractivity contribution in [2.75, 3.05) is 0 Å². The number of rotatable bonds is 2. The Balaban J connectivity index is 2.81. The maximum absolute atomic E-state index is 10.4. The summed E-state index contributed by atoms with van der Waals surface area (Å²) in [6.45, 7) is 4.07. The molecule has 0 amide bonds. The number of nitro groups is 1. The van der Waals surface area contributed by atoms with Crippen LogP contribution in [-0.2, 0) is 0 Å². The molecule has 12 heavy (non-hydrogen) atoms. The first-order valence-corrected chi connectivity index (χ1v) is 4.00. The summed E-state index contributed by atoms with van der Waals surface area (Å²) in [6, 6.07) is 0. The number of hydrogen-bond donors (Lipinski definition) is 0. The lowest BCUT2D eigenvalue weighted by Gasteiger charge is -2.12. The summed E-state index contributed by atoms with van der Waals surface area (Å²) in [5.74, 6) is 0.369. The Morgan fingerprint density at radius 1 is 1.58 bits per heavy atom. The normalized spacial score (nSPS) is 17.2. The number of nitrogens with zero attached hydrogens (tertiary/aromatic N) is 1. The fourth-order valence-electron chi connectivity index (χ4n) is 1.13. The van der Waals surface area contributed by atoms with Crippen molar-refractivity contribution in [1.82, 2.24) is 0 Å². The zero-order chi connectivity index (χ0) is 9.14. The highest BCUT2D eigenvalue weighted by atomic mass is 16.6. The van der Waals surface area contributed by atoms with Crippen LogP contribution in [0.2, 0.25) is 0 Å². The Kier molecular flexibility index (Phi) is 2.63. The van der Waals surface area contributed by atoms with E-state index in [0.717, 1.165) is 5.57 Å². The van der Waals surface area contributed by atoms with Crippen LogP contribution in [0.4, 0.5) is 0 Å². The third-order valence-corrected chi connectivity index (χ3v) is 1.87. The summed E-state index contributed by atoms with van der Waals surface area (Å²) in [6.07, 6.45) is 5.98.